The van der Waals surface area contributed by atoms with Crippen molar-refractivity contribution < 1.29 is 9.53 Å². The predicted octanol–water partition coefficient (Wildman–Crippen LogP) is 2.41. The summed E-state index contributed by atoms with van der Waals surface area (Å²) in [5.41, 5.74) is 6.19. The monoisotopic (exact) mass is 441 g/mol. The molecule has 1 saturated heterocycles. The number of benzene rings is 1. The molecule has 0 aliphatic carbocycles. The van der Waals surface area contributed by atoms with Gasteiger partial charge in [0, 0.05) is 57.6 Å². The standard InChI is InChI=1S/C20H27N5O2.2ClH/c21-9-16-27-18-6-4-17(5-7-18)23-20(26)8-11-24-12-14-25(15-13-24)19-3-1-2-10-22-19;;/h1-7,10H,8-9,11-16,21H2,(H,23,26);2*1H. The molecule has 0 bridgehead atoms. The molecule has 1 aromatic heterocycles. The number of pyridine rings is 1. The molecule has 160 valence electrons. The summed E-state index contributed by atoms with van der Waals surface area (Å²) < 4.78 is 5.43. The van der Waals surface area contributed by atoms with Gasteiger partial charge in [-0.2, -0.15) is 0 Å². The van der Waals surface area contributed by atoms with Gasteiger partial charge in [0.15, 0.2) is 0 Å². The third-order valence-corrected chi connectivity index (χ3v) is 4.53. The van der Waals surface area contributed by atoms with Crippen molar-refractivity contribution in [2.45, 2.75) is 6.42 Å². The highest BCUT2D eigenvalue weighted by molar-refractivity contribution is 5.90. The van der Waals surface area contributed by atoms with Gasteiger partial charge in [-0.05, 0) is 36.4 Å². The number of carbonyl (C=O) groups is 1. The first-order valence-corrected chi connectivity index (χ1v) is 9.36. The maximum Gasteiger partial charge on any atom is 0.225 e. The Labute approximate surface area is 184 Å². The molecule has 1 fully saturated rings. The number of nitrogens with one attached hydrogen (secondary N) is 1. The molecule has 1 aliphatic heterocycles. The third-order valence-electron chi connectivity index (χ3n) is 4.53. The Morgan fingerprint density at radius 3 is 2.41 bits per heavy atom. The Bertz CT molecular complexity index is 711. The van der Waals surface area contributed by atoms with Crippen LogP contribution in [-0.2, 0) is 4.79 Å². The van der Waals surface area contributed by atoms with E-state index in [1.54, 1.807) is 0 Å². The molecule has 3 N–H and O–H groups in total. The number of nitrogens with zero attached hydrogens (tertiary/aromatic N) is 3. The summed E-state index contributed by atoms with van der Waals surface area (Å²) in [6.07, 6.45) is 2.30. The third kappa shape index (κ3) is 8.06. The Kier molecular flexibility index (Phi) is 11.4. The number of halogens is 2. The highest BCUT2D eigenvalue weighted by Gasteiger charge is 2.18. The maximum absolute atomic E-state index is 12.2. The molecular weight excluding hydrogens is 413 g/mol. The number of rotatable bonds is 8. The van der Waals surface area contributed by atoms with Crippen molar-refractivity contribution in [2.75, 3.05) is 56.1 Å². The van der Waals surface area contributed by atoms with E-state index in [1.165, 1.54) is 0 Å². The summed E-state index contributed by atoms with van der Waals surface area (Å²) in [5.74, 6) is 1.80. The van der Waals surface area contributed by atoms with Crippen molar-refractivity contribution in [3.63, 3.8) is 0 Å². The first-order chi connectivity index (χ1) is 13.2. The van der Waals surface area contributed by atoms with E-state index in [4.69, 9.17) is 10.5 Å². The van der Waals surface area contributed by atoms with Gasteiger partial charge < -0.3 is 20.7 Å². The van der Waals surface area contributed by atoms with Crippen molar-refractivity contribution in [2.24, 2.45) is 5.73 Å². The summed E-state index contributed by atoms with van der Waals surface area (Å²) in [7, 11) is 0. The zero-order valence-corrected chi connectivity index (χ0v) is 18.0. The quantitative estimate of drug-likeness (QED) is 0.654. The lowest BCUT2D eigenvalue weighted by molar-refractivity contribution is -0.116. The predicted molar refractivity (Wildman–Crippen MR) is 122 cm³/mol. The Hall–Kier alpha value is -2.06. The SMILES string of the molecule is Cl.Cl.NCCOc1ccc(NC(=O)CCN2CCN(c3ccccn3)CC2)cc1. The summed E-state index contributed by atoms with van der Waals surface area (Å²) in [6, 6.07) is 13.3. The van der Waals surface area contributed by atoms with Crippen LogP contribution in [0.15, 0.2) is 48.7 Å². The number of piperazine rings is 1. The molecule has 9 heteroatoms. The van der Waals surface area contributed by atoms with E-state index in [9.17, 15) is 4.79 Å². The first kappa shape index (κ1) is 25.0. The van der Waals surface area contributed by atoms with Gasteiger partial charge in [0.1, 0.15) is 18.2 Å². The van der Waals surface area contributed by atoms with Crippen LogP contribution in [0.3, 0.4) is 0 Å². The van der Waals surface area contributed by atoms with Gasteiger partial charge in [-0.3, -0.25) is 9.69 Å². The topological polar surface area (TPSA) is 83.7 Å². The molecule has 0 spiro atoms. The smallest absolute Gasteiger partial charge is 0.225 e. The molecule has 0 unspecified atom stereocenters. The molecule has 0 saturated carbocycles. The van der Waals surface area contributed by atoms with Crippen LogP contribution in [0, 0.1) is 0 Å². The molecule has 2 aromatic rings. The minimum Gasteiger partial charge on any atom is -0.492 e. The second-order valence-corrected chi connectivity index (χ2v) is 6.48. The molecule has 1 aliphatic rings. The van der Waals surface area contributed by atoms with E-state index in [2.05, 4.69) is 20.1 Å². The van der Waals surface area contributed by atoms with Gasteiger partial charge in [0.05, 0.1) is 0 Å². The van der Waals surface area contributed by atoms with E-state index >= 15 is 0 Å². The van der Waals surface area contributed by atoms with E-state index in [-0.39, 0.29) is 30.7 Å². The summed E-state index contributed by atoms with van der Waals surface area (Å²) in [5, 5.41) is 2.93. The van der Waals surface area contributed by atoms with Crippen LogP contribution in [0.5, 0.6) is 5.75 Å². The van der Waals surface area contributed by atoms with Crippen LogP contribution in [0.25, 0.3) is 0 Å². The Morgan fingerprint density at radius 2 is 1.79 bits per heavy atom. The highest BCUT2D eigenvalue weighted by Crippen LogP contribution is 2.16. The number of hydrogen-bond acceptors (Lipinski definition) is 6. The van der Waals surface area contributed by atoms with Crippen molar-refractivity contribution >= 4 is 42.2 Å². The average molecular weight is 442 g/mol. The minimum absolute atomic E-state index is 0. The van der Waals surface area contributed by atoms with Crippen molar-refractivity contribution in [3.05, 3.63) is 48.7 Å². The molecule has 1 amide bonds. The Morgan fingerprint density at radius 1 is 1.07 bits per heavy atom. The van der Waals surface area contributed by atoms with Gasteiger partial charge in [0.2, 0.25) is 5.91 Å². The first-order valence-electron chi connectivity index (χ1n) is 9.36. The van der Waals surface area contributed by atoms with E-state index in [0.29, 0.717) is 19.6 Å². The normalized spacial score (nSPS) is 13.8. The molecule has 1 aromatic carbocycles. The summed E-state index contributed by atoms with van der Waals surface area (Å²) in [6.45, 7) is 5.48. The number of anilines is 2. The molecule has 29 heavy (non-hydrogen) atoms. The van der Waals surface area contributed by atoms with Gasteiger partial charge in [0.25, 0.3) is 0 Å². The van der Waals surface area contributed by atoms with Crippen LogP contribution in [-0.4, -0.2) is 61.7 Å². The number of carbonyl (C=O) groups excluding carboxylic acids is 1. The number of hydrogen-bond donors (Lipinski definition) is 2. The maximum atomic E-state index is 12.2. The van der Waals surface area contributed by atoms with Gasteiger partial charge in [-0.1, -0.05) is 6.07 Å². The summed E-state index contributed by atoms with van der Waals surface area (Å²) >= 11 is 0. The average Bonchev–Trinajstić information content (AvgIpc) is 2.73. The van der Waals surface area contributed by atoms with E-state index in [1.807, 2.05) is 48.7 Å². The van der Waals surface area contributed by atoms with Crippen molar-refractivity contribution in [1.82, 2.24) is 9.88 Å². The zero-order chi connectivity index (χ0) is 18.9. The number of amides is 1. The fourth-order valence-corrected chi connectivity index (χ4v) is 3.04. The van der Waals surface area contributed by atoms with Crippen LogP contribution in [0.4, 0.5) is 11.5 Å². The number of nitrogens with two attached hydrogens (primary N) is 1. The van der Waals surface area contributed by atoms with Crippen molar-refractivity contribution in [3.8, 4) is 5.75 Å². The fourth-order valence-electron chi connectivity index (χ4n) is 3.04. The second-order valence-electron chi connectivity index (χ2n) is 6.48. The molecular formula is C20H29Cl2N5O2. The molecule has 0 atom stereocenters. The van der Waals surface area contributed by atoms with Crippen molar-refractivity contribution in [1.29, 1.82) is 0 Å². The number of aromatic nitrogens is 1. The minimum atomic E-state index is 0. The Balaban J connectivity index is 0.00000210. The largest absolute Gasteiger partial charge is 0.492 e. The molecule has 7 nitrogen and oxygen atoms in total. The lowest BCUT2D eigenvalue weighted by Crippen LogP contribution is -2.47. The molecule has 0 radical (unpaired) electrons. The lowest BCUT2D eigenvalue weighted by Gasteiger charge is -2.35. The van der Waals surface area contributed by atoms with Gasteiger partial charge in [-0.25, -0.2) is 4.98 Å². The van der Waals surface area contributed by atoms with Crippen LogP contribution in [0.2, 0.25) is 0 Å². The van der Waals surface area contributed by atoms with E-state index in [0.717, 1.165) is 50.0 Å². The fraction of sp³-hybridized carbons (Fsp3) is 0.400. The van der Waals surface area contributed by atoms with Crippen LogP contribution >= 0.6 is 24.8 Å². The summed E-state index contributed by atoms with van der Waals surface area (Å²) in [4.78, 5) is 21.2. The second kappa shape index (κ2) is 13.2. The lowest BCUT2D eigenvalue weighted by atomic mass is 10.2. The van der Waals surface area contributed by atoms with Crippen LogP contribution < -0.4 is 20.7 Å². The van der Waals surface area contributed by atoms with Gasteiger partial charge in [-0.15, -0.1) is 24.8 Å². The number of ether oxygens (including phenoxy) is 1. The molecule has 3 rings (SSSR count). The highest BCUT2D eigenvalue weighted by atomic mass is 35.5. The van der Waals surface area contributed by atoms with E-state index < -0.39 is 0 Å². The molecule has 2 heterocycles. The zero-order valence-electron chi connectivity index (χ0n) is 16.3. The van der Waals surface area contributed by atoms with Gasteiger partial charge >= 0.3 is 0 Å². The van der Waals surface area contributed by atoms with Crippen LogP contribution in [0.1, 0.15) is 6.42 Å².